The quantitative estimate of drug-likeness (QED) is 0.777. The third-order valence-corrected chi connectivity index (χ3v) is 7.01. The monoisotopic (exact) mass is 391 g/mol. The second kappa shape index (κ2) is 6.92. The van der Waals surface area contributed by atoms with Crippen LogP contribution in [-0.4, -0.2) is 72.7 Å². The summed E-state index contributed by atoms with van der Waals surface area (Å²) in [5, 5.41) is 1.04. The van der Waals surface area contributed by atoms with Crippen molar-refractivity contribution in [2.45, 2.75) is 25.0 Å². The molecule has 8 heteroatoms. The van der Waals surface area contributed by atoms with Gasteiger partial charge in [-0.2, -0.15) is 4.31 Å². The number of hydrogen-bond acceptors (Lipinski definition) is 4. The number of carbonyl (C=O) groups is 1. The molecule has 7 nitrogen and oxygen atoms in total. The Balaban J connectivity index is 1.57. The van der Waals surface area contributed by atoms with Crippen molar-refractivity contribution in [2.75, 3.05) is 32.5 Å². The van der Waals surface area contributed by atoms with Crippen LogP contribution in [0.15, 0.2) is 30.3 Å². The summed E-state index contributed by atoms with van der Waals surface area (Å²) in [6, 6.07) is 9.66. The number of hydrogen-bond donors (Lipinski definition) is 0. The highest BCUT2D eigenvalue weighted by Gasteiger charge is 2.39. The molecular weight excluding hydrogens is 366 g/mol. The van der Waals surface area contributed by atoms with E-state index in [2.05, 4.69) is 0 Å². The number of morpholine rings is 1. The van der Waals surface area contributed by atoms with Crippen molar-refractivity contribution in [1.29, 1.82) is 0 Å². The maximum Gasteiger partial charge on any atom is 0.270 e. The zero-order valence-corrected chi connectivity index (χ0v) is 16.5. The van der Waals surface area contributed by atoms with Crippen LogP contribution in [0.1, 0.15) is 23.3 Å². The fourth-order valence-electron chi connectivity index (χ4n) is 4.32. The van der Waals surface area contributed by atoms with Crippen LogP contribution in [0.4, 0.5) is 0 Å². The third kappa shape index (κ3) is 3.37. The molecule has 2 aliphatic rings. The molecule has 2 saturated heterocycles. The number of amides is 1. The molecule has 2 aliphatic heterocycles. The Labute approximate surface area is 159 Å². The molecule has 2 aromatic rings. The highest BCUT2D eigenvalue weighted by Crippen LogP contribution is 2.27. The van der Waals surface area contributed by atoms with E-state index in [9.17, 15) is 13.2 Å². The number of sulfonamides is 1. The lowest BCUT2D eigenvalue weighted by molar-refractivity contribution is -0.0406. The van der Waals surface area contributed by atoms with Gasteiger partial charge in [0.25, 0.3) is 5.91 Å². The highest BCUT2D eigenvalue weighted by atomic mass is 32.2. The van der Waals surface area contributed by atoms with E-state index in [1.54, 1.807) is 4.31 Å². The molecule has 3 heterocycles. The molecule has 1 aromatic heterocycles. The van der Waals surface area contributed by atoms with Crippen molar-refractivity contribution in [1.82, 2.24) is 13.8 Å². The highest BCUT2D eigenvalue weighted by molar-refractivity contribution is 7.88. The Hall–Kier alpha value is -1.90. The SMILES string of the molecule is Cn1c(C(=O)N2CC[C@@H]3[C@@H](CC2)OCCN3S(C)(=O)=O)cc2ccccc21. The van der Waals surface area contributed by atoms with Crippen molar-refractivity contribution in [3.05, 3.63) is 36.0 Å². The van der Waals surface area contributed by atoms with Crippen molar-refractivity contribution >= 4 is 26.8 Å². The normalized spacial score (nSPS) is 24.6. The van der Waals surface area contributed by atoms with Gasteiger partial charge in [-0.15, -0.1) is 0 Å². The summed E-state index contributed by atoms with van der Waals surface area (Å²) in [7, 11) is -1.38. The average molecular weight is 391 g/mol. The van der Waals surface area contributed by atoms with Crippen LogP contribution in [-0.2, 0) is 21.8 Å². The number of para-hydroxylation sites is 1. The maximum atomic E-state index is 13.2. The molecular formula is C19H25N3O4S. The Morgan fingerprint density at radius 2 is 1.89 bits per heavy atom. The Morgan fingerprint density at radius 1 is 1.15 bits per heavy atom. The van der Waals surface area contributed by atoms with Gasteiger partial charge in [-0.05, 0) is 25.0 Å². The molecule has 1 aromatic carbocycles. The van der Waals surface area contributed by atoms with Gasteiger partial charge in [-0.1, -0.05) is 18.2 Å². The van der Waals surface area contributed by atoms with E-state index < -0.39 is 10.0 Å². The summed E-state index contributed by atoms with van der Waals surface area (Å²) in [5.41, 5.74) is 1.68. The number of fused-ring (bicyclic) bond motifs is 2. The van der Waals surface area contributed by atoms with Gasteiger partial charge >= 0.3 is 0 Å². The topological polar surface area (TPSA) is 71.8 Å². The number of likely N-dealkylation sites (tertiary alicyclic amines) is 1. The van der Waals surface area contributed by atoms with Crippen LogP contribution in [0.2, 0.25) is 0 Å². The predicted molar refractivity (Wildman–Crippen MR) is 103 cm³/mol. The number of rotatable bonds is 2. The first-order chi connectivity index (χ1) is 12.9. The molecule has 0 aliphatic carbocycles. The van der Waals surface area contributed by atoms with Crippen molar-refractivity contribution in [3.8, 4) is 0 Å². The summed E-state index contributed by atoms with van der Waals surface area (Å²) in [4.78, 5) is 15.0. The van der Waals surface area contributed by atoms with Crippen LogP contribution in [0.25, 0.3) is 10.9 Å². The lowest BCUT2D eigenvalue weighted by Crippen LogP contribution is -2.53. The minimum atomic E-state index is -3.28. The second-order valence-corrected chi connectivity index (χ2v) is 9.30. The lowest BCUT2D eigenvalue weighted by atomic mass is 10.0. The second-order valence-electron chi connectivity index (χ2n) is 7.37. The molecule has 2 fully saturated rings. The molecule has 0 unspecified atom stereocenters. The van der Waals surface area contributed by atoms with Crippen LogP contribution in [0, 0.1) is 0 Å². The molecule has 0 spiro atoms. The molecule has 0 saturated carbocycles. The van der Waals surface area contributed by atoms with E-state index in [1.807, 2.05) is 46.8 Å². The summed E-state index contributed by atoms with van der Waals surface area (Å²) < 4.78 is 33.6. The van der Waals surface area contributed by atoms with E-state index in [0.717, 1.165) is 10.9 Å². The van der Waals surface area contributed by atoms with E-state index in [1.165, 1.54) is 6.26 Å². The Morgan fingerprint density at radius 3 is 2.63 bits per heavy atom. The van der Waals surface area contributed by atoms with Crippen molar-refractivity contribution in [2.24, 2.45) is 7.05 Å². The number of benzene rings is 1. The number of aryl methyl sites for hydroxylation is 1. The van der Waals surface area contributed by atoms with Gasteiger partial charge in [0.15, 0.2) is 0 Å². The molecule has 2 atom stereocenters. The molecule has 146 valence electrons. The minimum absolute atomic E-state index is 0.0155. The number of nitrogens with zero attached hydrogens (tertiary/aromatic N) is 3. The van der Waals surface area contributed by atoms with Gasteiger partial charge in [-0.25, -0.2) is 8.42 Å². The first kappa shape index (κ1) is 18.5. The van der Waals surface area contributed by atoms with Crippen molar-refractivity contribution < 1.29 is 17.9 Å². The van der Waals surface area contributed by atoms with Crippen LogP contribution in [0.5, 0.6) is 0 Å². The lowest BCUT2D eigenvalue weighted by Gasteiger charge is -2.38. The zero-order chi connectivity index (χ0) is 19.2. The largest absolute Gasteiger partial charge is 0.375 e. The van der Waals surface area contributed by atoms with Gasteiger partial charge in [0, 0.05) is 37.6 Å². The maximum absolute atomic E-state index is 13.2. The summed E-state index contributed by atoms with van der Waals surface area (Å²) in [6.07, 6.45) is 2.33. The molecule has 4 rings (SSSR count). The number of aromatic nitrogens is 1. The molecule has 0 bridgehead atoms. The third-order valence-electron chi connectivity index (χ3n) is 5.70. The fraction of sp³-hybridized carbons (Fsp3) is 0.526. The molecule has 0 radical (unpaired) electrons. The van der Waals surface area contributed by atoms with E-state index in [-0.39, 0.29) is 18.1 Å². The fourth-order valence-corrected chi connectivity index (χ4v) is 5.46. The van der Waals surface area contributed by atoms with Gasteiger partial charge in [0.2, 0.25) is 10.0 Å². The first-order valence-electron chi connectivity index (χ1n) is 9.28. The van der Waals surface area contributed by atoms with Crippen LogP contribution in [0.3, 0.4) is 0 Å². The Kier molecular flexibility index (Phi) is 4.73. The van der Waals surface area contributed by atoms with E-state index in [4.69, 9.17) is 4.74 Å². The standard InChI is InChI=1S/C19H25N3O4S/c1-20-15-6-4-3-5-14(15)13-17(20)19(23)21-9-7-16-18(8-10-21)26-12-11-22(16)27(2,24)25/h3-6,13,16,18H,7-12H2,1-2H3/t16-,18-/m1/s1. The number of carbonyl (C=O) groups excluding carboxylic acids is 1. The summed E-state index contributed by atoms with van der Waals surface area (Å²) in [6.45, 7) is 1.89. The van der Waals surface area contributed by atoms with Crippen molar-refractivity contribution in [3.63, 3.8) is 0 Å². The van der Waals surface area contributed by atoms with E-state index in [0.29, 0.717) is 44.8 Å². The zero-order valence-electron chi connectivity index (χ0n) is 15.7. The van der Waals surface area contributed by atoms with Gasteiger partial charge in [0.05, 0.1) is 25.0 Å². The Bertz CT molecular complexity index is 968. The van der Waals surface area contributed by atoms with Gasteiger partial charge in [0.1, 0.15) is 5.69 Å². The smallest absolute Gasteiger partial charge is 0.270 e. The van der Waals surface area contributed by atoms with Gasteiger partial charge in [-0.3, -0.25) is 4.79 Å². The minimum Gasteiger partial charge on any atom is -0.375 e. The summed E-state index contributed by atoms with van der Waals surface area (Å²) >= 11 is 0. The van der Waals surface area contributed by atoms with E-state index >= 15 is 0 Å². The van der Waals surface area contributed by atoms with Crippen LogP contribution >= 0.6 is 0 Å². The molecule has 27 heavy (non-hydrogen) atoms. The molecule has 0 N–H and O–H groups in total. The molecule has 1 amide bonds. The number of ether oxygens (including phenoxy) is 1. The summed E-state index contributed by atoms with van der Waals surface area (Å²) in [5.74, 6) is -0.0155. The average Bonchev–Trinajstić information content (AvgIpc) is 2.83. The van der Waals surface area contributed by atoms with Crippen LogP contribution < -0.4 is 0 Å². The predicted octanol–water partition coefficient (Wildman–Crippen LogP) is 1.44. The first-order valence-corrected chi connectivity index (χ1v) is 11.1. The van der Waals surface area contributed by atoms with Gasteiger partial charge < -0.3 is 14.2 Å².